The van der Waals surface area contributed by atoms with Crippen LogP contribution in [-0.4, -0.2) is 89.2 Å². The third-order valence-electron chi connectivity index (χ3n) is 6.94. The number of nitrogen functional groups attached to an aromatic ring is 1. The summed E-state index contributed by atoms with van der Waals surface area (Å²) in [5.74, 6) is 0.528. The number of nitrogens with one attached hydrogen (secondary N) is 1. The van der Waals surface area contributed by atoms with Gasteiger partial charge in [0.25, 0.3) is 0 Å². The third kappa shape index (κ3) is 5.58. The molecular weight excluding hydrogens is 605 g/mol. The Bertz CT molecular complexity index is 1530. The molecule has 0 amide bonds. The van der Waals surface area contributed by atoms with Gasteiger partial charge in [-0.1, -0.05) is 0 Å². The monoisotopic (exact) mass is 632 g/mol. The van der Waals surface area contributed by atoms with Crippen LogP contribution >= 0.6 is 16.5 Å². The van der Waals surface area contributed by atoms with Gasteiger partial charge in [-0.2, -0.15) is 0 Å². The number of nitrogens with two attached hydrogens (primary N) is 2. The fourth-order valence-electron chi connectivity index (χ4n) is 4.93. The summed E-state index contributed by atoms with van der Waals surface area (Å²) < 4.78 is 69.0. The molecule has 3 aliphatic rings. The van der Waals surface area contributed by atoms with Crippen molar-refractivity contribution >= 4 is 45.6 Å². The first kappa shape index (κ1) is 29.2. The highest BCUT2D eigenvalue weighted by Gasteiger charge is 2.48. The molecule has 6 heterocycles. The SMILES string of the molecule is Nc1ncnc2c1ncn2[C@@H]1O[C@H](CO[PH](=O)O)[C@@H](O[PH](=O)OC[C@H]2O[C@@H](n3cnc4c3N=CNC4N)C[C@@H]2F)[C@H]1O. The van der Waals surface area contributed by atoms with Crippen molar-refractivity contribution in [2.75, 3.05) is 18.9 Å². The fraction of sp³-hybridized carbons (Fsp3) is 0.550. The predicted molar refractivity (Wildman–Crippen MR) is 141 cm³/mol. The standard InChI is InChI=1S/C20H27FN10O9P2/c21-8-1-11(30-6-28-12-16(22)24-4-26-18(12)30)38-9(8)2-37-42(35)40-15-10(3-36-41(33)34)39-20(14(15)32)31-7-29-13-17(23)25-5-27-19(13)31/h4-11,14-16,20,32,41-42H,1-3,22H2,(H,24,26)(H,33,34)(H2,23,25,27)/t8-,9+,10+,11+,14+,15+,16?,20+/m0/s1. The van der Waals surface area contributed by atoms with Crippen LogP contribution in [0.5, 0.6) is 0 Å². The van der Waals surface area contributed by atoms with Crippen LogP contribution in [0.3, 0.4) is 0 Å². The van der Waals surface area contributed by atoms with E-state index >= 15 is 0 Å². The van der Waals surface area contributed by atoms with E-state index in [9.17, 15) is 18.6 Å². The first-order chi connectivity index (χ1) is 20.2. The largest absolute Gasteiger partial charge is 0.386 e. The zero-order valence-corrected chi connectivity index (χ0v) is 23.5. The smallest absolute Gasteiger partial charge is 0.319 e. The molecule has 10 atom stereocenters. The quantitative estimate of drug-likeness (QED) is 0.178. The van der Waals surface area contributed by atoms with Crippen molar-refractivity contribution in [3.8, 4) is 0 Å². The fourth-order valence-corrected chi connectivity index (χ4v) is 6.12. The third-order valence-corrected chi connectivity index (χ3v) is 8.22. The summed E-state index contributed by atoms with van der Waals surface area (Å²) in [4.78, 5) is 29.6. The number of nitrogens with zero attached hydrogens (tertiary/aromatic N) is 7. The zero-order valence-electron chi connectivity index (χ0n) is 21.5. The maximum absolute atomic E-state index is 14.9. The van der Waals surface area contributed by atoms with Crippen molar-refractivity contribution < 1.29 is 46.6 Å². The minimum Gasteiger partial charge on any atom is -0.386 e. The van der Waals surface area contributed by atoms with Crippen molar-refractivity contribution in [2.45, 2.75) is 55.6 Å². The van der Waals surface area contributed by atoms with Crippen molar-refractivity contribution in [1.29, 1.82) is 0 Å². The van der Waals surface area contributed by atoms with Gasteiger partial charge in [0, 0.05) is 6.42 Å². The molecule has 3 unspecified atom stereocenters. The molecule has 42 heavy (non-hydrogen) atoms. The number of hydrogen-bond acceptors (Lipinski definition) is 16. The van der Waals surface area contributed by atoms with Crippen LogP contribution in [0, 0.1) is 0 Å². The lowest BCUT2D eigenvalue weighted by Gasteiger charge is -2.21. The lowest BCUT2D eigenvalue weighted by molar-refractivity contribution is -0.0476. The number of alkyl halides is 1. The highest BCUT2D eigenvalue weighted by molar-refractivity contribution is 7.33. The number of fused-ring (bicyclic) bond motifs is 2. The molecule has 19 nitrogen and oxygen atoms in total. The Labute approximate surface area is 236 Å². The molecule has 0 bridgehead atoms. The lowest BCUT2D eigenvalue weighted by Crippen LogP contribution is -2.35. The Morgan fingerprint density at radius 1 is 1.12 bits per heavy atom. The van der Waals surface area contributed by atoms with Gasteiger partial charge in [-0.05, 0) is 0 Å². The van der Waals surface area contributed by atoms with Gasteiger partial charge in [-0.15, -0.1) is 0 Å². The van der Waals surface area contributed by atoms with Gasteiger partial charge in [0.15, 0.2) is 23.5 Å². The van der Waals surface area contributed by atoms with Gasteiger partial charge in [-0.3, -0.25) is 18.3 Å². The van der Waals surface area contributed by atoms with E-state index in [1.54, 1.807) is 4.57 Å². The number of aromatic nitrogens is 6. The average Bonchev–Trinajstić information content (AvgIpc) is 3.73. The molecule has 22 heteroatoms. The minimum absolute atomic E-state index is 0.0413. The molecule has 0 spiro atoms. The van der Waals surface area contributed by atoms with E-state index in [1.807, 2.05) is 0 Å². The maximum atomic E-state index is 14.9. The number of imidazole rings is 2. The first-order valence-corrected chi connectivity index (χ1v) is 15.1. The van der Waals surface area contributed by atoms with Crippen LogP contribution in [-0.2, 0) is 32.2 Å². The minimum atomic E-state index is -3.38. The van der Waals surface area contributed by atoms with Crippen LogP contribution < -0.4 is 16.8 Å². The van der Waals surface area contributed by atoms with Crippen LogP contribution in [0.15, 0.2) is 24.0 Å². The second-order valence-corrected chi connectivity index (χ2v) is 11.3. The normalized spacial score (nSPS) is 32.2. The van der Waals surface area contributed by atoms with Crippen LogP contribution in [0.4, 0.5) is 16.0 Å². The molecular formula is C20H27FN10O9P2. The molecule has 0 saturated carbocycles. The van der Waals surface area contributed by atoms with Gasteiger partial charge in [-0.25, -0.2) is 29.3 Å². The summed E-state index contributed by atoms with van der Waals surface area (Å²) in [5.41, 5.74) is 12.7. The number of ether oxygens (including phenoxy) is 2. The molecule has 0 aromatic carbocycles. The van der Waals surface area contributed by atoms with E-state index in [0.29, 0.717) is 11.5 Å². The van der Waals surface area contributed by atoms with Gasteiger partial charge < -0.3 is 49.8 Å². The van der Waals surface area contributed by atoms with E-state index in [0.717, 1.165) is 0 Å². The van der Waals surface area contributed by atoms with E-state index in [1.165, 1.54) is 29.9 Å². The Balaban J connectivity index is 1.11. The molecule has 3 aromatic rings. The van der Waals surface area contributed by atoms with E-state index in [2.05, 4.69) is 30.2 Å². The van der Waals surface area contributed by atoms with Crippen molar-refractivity contribution in [3.63, 3.8) is 0 Å². The second kappa shape index (κ2) is 12.0. The maximum Gasteiger partial charge on any atom is 0.319 e. The Hall–Kier alpha value is -2.90. The van der Waals surface area contributed by atoms with E-state index < -0.39 is 78.9 Å². The number of halogens is 1. The summed E-state index contributed by atoms with van der Waals surface area (Å²) in [6.07, 6.45) is -3.72. The van der Waals surface area contributed by atoms with E-state index in [-0.39, 0.29) is 23.4 Å². The number of hydrogen-bond donors (Lipinski definition) is 5. The zero-order chi connectivity index (χ0) is 29.5. The average molecular weight is 632 g/mol. The predicted octanol–water partition coefficient (Wildman–Crippen LogP) is -0.401. The highest BCUT2D eigenvalue weighted by Crippen LogP contribution is 2.41. The molecule has 3 aromatic heterocycles. The van der Waals surface area contributed by atoms with Crippen LogP contribution in [0.1, 0.15) is 30.7 Å². The summed E-state index contributed by atoms with van der Waals surface area (Å²) in [7, 11) is -6.75. The van der Waals surface area contributed by atoms with Crippen LogP contribution in [0.25, 0.3) is 11.2 Å². The van der Waals surface area contributed by atoms with Gasteiger partial charge >= 0.3 is 16.5 Å². The summed E-state index contributed by atoms with van der Waals surface area (Å²) in [6, 6.07) is 0. The van der Waals surface area contributed by atoms with E-state index in [4.69, 9.17) is 39.4 Å². The first-order valence-electron chi connectivity index (χ1n) is 12.6. The molecule has 0 aliphatic carbocycles. The Morgan fingerprint density at radius 3 is 2.71 bits per heavy atom. The molecule has 2 fully saturated rings. The Kier molecular flexibility index (Phi) is 8.34. The van der Waals surface area contributed by atoms with Gasteiger partial charge in [0.05, 0.1) is 32.2 Å². The molecule has 3 aliphatic heterocycles. The molecule has 2 saturated heterocycles. The highest BCUT2D eigenvalue weighted by atomic mass is 31.1. The number of anilines is 1. The number of aliphatic hydroxyl groups is 1. The van der Waals surface area contributed by atoms with Crippen molar-refractivity contribution in [1.82, 2.24) is 34.4 Å². The van der Waals surface area contributed by atoms with Gasteiger partial charge in [0.1, 0.15) is 60.5 Å². The molecule has 228 valence electrons. The number of rotatable bonds is 10. The molecule has 0 radical (unpaired) electrons. The topological polar surface area (TPSA) is 259 Å². The lowest BCUT2D eigenvalue weighted by atomic mass is 10.1. The second-order valence-electron chi connectivity index (χ2n) is 9.50. The summed E-state index contributed by atoms with van der Waals surface area (Å²) >= 11 is 0. The number of aliphatic imine (C=N–C) groups is 1. The molecule has 6 rings (SSSR count). The van der Waals surface area contributed by atoms with Gasteiger partial charge in [0.2, 0.25) is 0 Å². The summed E-state index contributed by atoms with van der Waals surface area (Å²) in [5, 5.41) is 13.9. The van der Waals surface area contributed by atoms with Crippen molar-refractivity contribution in [3.05, 3.63) is 24.7 Å². The number of aliphatic hydroxyl groups excluding tert-OH is 1. The Morgan fingerprint density at radius 2 is 1.90 bits per heavy atom. The molecule has 7 N–H and O–H groups in total. The summed E-state index contributed by atoms with van der Waals surface area (Å²) in [6.45, 7) is -0.917. The van der Waals surface area contributed by atoms with Crippen molar-refractivity contribution in [2.24, 2.45) is 10.7 Å². The van der Waals surface area contributed by atoms with Crippen LogP contribution in [0.2, 0.25) is 0 Å².